The first kappa shape index (κ1) is 15.3. The van der Waals surface area contributed by atoms with E-state index >= 15 is 0 Å². The normalized spacial score (nSPS) is 12.3. The Bertz CT molecular complexity index is 494. The molecule has 0 radical (unpaired) electrons. The van der Waals surface area contributed by atoms with Crippen molar-refractivity contribution in [3.63, 3.8) is 0 Å². The molecule has 0 aliphatic heterocycles. The van der Waals surface area contributed by atoms with Gasteiger partial charge in [0.05, 0.1) is 6.20 Å². The average molecular weight is 295 g/mol. The molecule has 1 aromatic rings. The summed E-state index contributed by atoms with van der Waals surface area (Å²) in [5.41, 5.74) is 0. The summed E-state index contributed by atoms with van der Waals surface area (Å²) >= 11 is 5.58. The first-order chi connectivity index (χ1) is 8.39. The van der Waals surface area contributed by atoms with Crippen molar-refractivity contribution in [3.8, 4) is 0 Å². The number of nitrogens with zero attached hydrogens (tertiary/aromatic N) is 2. The molecule has 0 unspecified atom stereocenters. The van der Waals surface area contributed by atoms with Gasteiger partial charge in [0, 0.05) is 24.7 Å². The maximum absolute atomic E-state index is 13.0. The van der Waals surface area contributed by atoms with Crippen molar-refractivity contribution in [2.75, 3.05) is 12.4 Å². The SMILES string of the molecule is CC(C)N(CCCCl)S(=O)(=O)c1cncc(F)c1. The molecule has 0 N–H and O–H groups in total. The van der Waals surface area contributed by atoms with Crippen molar-refractivity contribution in [1.29, 1.82) is 0 Å². The summed E-state index contributed by atoms with van der Waals surface area (Å²) in [6, 6.07) is 0.750. The van der Waals surface area contributed by atoms with E-state index in [2.05, 4.69) is 4.98 Å². The van der Waals surface area contributed by atoms with Crippen LogP contribution in [0.4, 0.5) is 4.39 Å². The van der Waals surface area contributed by atoms with Crippen LogP contribution in [-0.2, 0) is 10.0 Å². The predicted octanol–water partition coefficient (Wildman–Crippen LogP) is 2.25. The molecule has 1 aromatic heterocycles. The molecule has 0 amide bonds. The van der Waals surface area contributed by atoms with Crippen LogP contribution in [0.3, 0.4) is 0 Å². The lowest BCUT2D eigenvalue weighted by molar-refractivity contribution is 0.354. The lowest BCUT2D eigenvalue weighted by Gasteiger charge is -2.25. The third-order valence-corrected chi connectivity index (χ3v) is 4.68. The number of rotatable bonds is 6. The summed E-state index contributed by atoms with van der Waals surface area (Å²) in [4.78, 5) is 3.43. The summed E-state index contributed by atoms with van der Waals surface area (Å²) in [6.45, 7) is 3.83. The third kappa shape index (κ3) is 3.63. The predicted molar refractivity (Wildman–Crippen MR) is 68.6 cm³/mol. The Kier molecular flexibility index (Phi) is 5.49. The Balaban J connectivity index is 3.09. The first-order valence-corrected chi connectivity index (χ1v) is 7.55. The van der Waals surface area contributed by atoms with E-state index in [1.165, 1.54) is 4.31 Å². The molecule has 102 valence electrons. The van der Waals surface area contributed by atoms with Crippen LogP contribution in [0.25, 0.3) is 0 Å². The number of hydrogen-bond acceptors (Lipinski definition) is 3. The maximum atomic E-state index is 13.0. The first-order valence-electron chi connectivity index (χ1n) is 5.58. The van der Waals surface area contributed by atoms with Crippen molar-refractivity contribution in [3.05, 3.63) is 24.3 Å². The van der Waals surface area contributed by atoms with Crippen LogP contribution in [0.5, 0.6) is 0 Å². The lowest BCUT2D eigenvalue weighted by atomic mass is 10.4. The average Bonchev–Trinajstić information content (AvgIpc) is 2.28. The molecule has 0 saturated carbocycles. The molecule has 1 heterocycles. The van der Waals surface area contributed by atoms with Gasteiger partial charge in [0.1, 0.15) is 10.7 Å². The molecular formula is C11H16ClFN2O2S. The summed E-state index contributed by atoms with van der Waals surface area (Å²) in [7, 11) is -3.72. The second-order valence-electron chi connectivity index (χ2n) is 4.09. The minimum absolute atomic E-state index is 0.134. The molecule has 0 aliphatic carbocycles. The Hall–Kier alpha value is -0.720. The van der Waals surface area contributed by atoms with Gasteiger partial charge in [-0.05, 0) is 26.3 Å². The number of pyridine rings is 1. The van der Waals surface area contributed by atoms with Crippen LogP contribution >= 0.6 is 11.6 Å². The number of alkyl halides is 1. The highest BCUT2D eigenvalue weighted by molar-refractivity contribution is 7.89. The van der Waals surface area contributed by atoms with Crippen LogP contribution < -0.4 is 0 Å². The quantitative estimate of drug-likeness (QED) is 0.756. The van der Waals surface area contributed by atoms with Gasteiger partial charge in [-0.25, -0.2) is 12.8 Å². The largest absolute Gasteiger partial charge is 0.260 e. The van der Waals surface area contributed by atoms with Gasteiger partial charge < -0.3 is 0 Å². The molecule has 0 fully saturated rings. The van der Waals surface area contributed by atoms with Crippen LogP contribution in [-0.4, -0.2) is 36.2 Å². The van der Waals surface area contributed by atoms with Crippen molar-refractivity contribution in [2.45, 2.75) is 31.2 Å². The molecule has 18 heavy (non-hydrogen) atoms. The van der Waals surface area contributed by atoms with Crippen LogP contribution in [0.1, 0.15) is 20.3 Å². The van der Waals surface area contributed by atoms with Crippen LogP contribution in [0.2, 0.25) is 0 Å². The van der Waals surface area contributed by atoms with E-state index < -0.39 is 15.8 Å². The fraction of sp³-hybridized carbons (Fsp3) is 0.545. The summed E-state index contributed by atoms with van der Waals surface area (Å²) in [5, 5.41) is 0. The molecule has 0 spiro atoms. The minimum Gasteiger partial charge on any atom is -0.260 e. The summed E-state index contributed by atoms with van der Waals surface area (Å²) in [5.74, 6) is -0.294. The number of hydrogen-bond donors (Lipinski definition) is 0. The van der Waals surface area contributed by atoms with Gasteiger partial charge >= 0.3 is 0 Å². The number of sulfonamides is 1. The van der Waals surface area contributed by atoms with Gasteiger partial charge in [0.2, 0.25) is 10.0 Å². The van der Waals surface area contributed by atoms with E-state index in [1.807, 2.05) is 0 Å². The molecule has 1 rings (SSSR count). The van der Waals surface area contributed by atoms with E-state index in [4.69, 9.17) is 11.6 Å². The lowest BCUT2D eigenvalue weighted by Crippen LogP contribution is -2.38. The molecule has 4 nitrogen and oxygen atoms in total. The second kappa shape index (κ2) is 6.45. The van der Waals surface area contributed by atoms with Gasteiger partial charge in [0.25, 0.3) is 0 Å². The van der Waals surface area contributed by atoms with Gasteiger partial charge in [-0.1, -0.05) is 0 Å². The van der Waals surface area contributed by atoms with Crippen molar-refractivity contribution < 1.29 is 12.8 Å². The zero-order valence-corrected chi connectivity index (χ0v) is 11.9. The van der Waals surface area contributed by atoms with Crippen molar-refractivity contribution in [2.24, 2.45) is 0 Å². The maximum Gasteiger partial charge on any atom is 0.244 e. The third-order valence-electron chi connectivity index (χ3n) is 2.37. The van der Waals surface area contributed by atoms with Crippen molar-refractivity contribution in [1.82, 2.24) is 9.29 Å². The fourth-order valence-corrected chi connectivity index (χ4v) is 3.31. The van der Waals surface area contributed by atoms with E-state index in [0.29, 0.717) is 18.8 Å². The number of halogens is 2. The zero-order valence-electron chi connectivity index (χ0n) is 10.3. The van der Waals surface area contributed by atoms with Gasteiger partial charge in [0.15, 0.2) is 0 Å². The Morgan fingerprint density at radius 2 is 2.11 bits per heavy atom. The zero-order chi connectivity index (χ0) is 13.8. The van der Waals surface area contributed by atoms with Crippen LogP contribution in [0.15, 0.2) is 23.4 Å². The van der Waals surface area contributed by atoms with E-state index in [1.54, 1.807) is 13.8 Å². The number of aromatic nitrogens is 1. The topological polar surface area (TPSA) is 50.3 Å². The molecule has 0 saturated heterocycles. The smallest absolute Gasteiger partial charge is 0.244 e. The Labute approximate surface area is 112 Å². The molecule has 0 bridgehead atoms. The van der Waals surface area contributed by atoms with E-state index in [-0.39, 0.29) is 10.9 Å². The van der Waals surface area contributed by atoms with Crippen molar-refractivity contribution >= 4 is 21.6 Å². The molecule has 7 heteroatoms. The molecule has 0 aliphatic rings. The minimum atomic E-state index is -3.72. The highest BCUT2D eigenvalue weighted by Crippen LogP contribution is 2.18. The summed E-state index contributed by atoms with van der Waals surface area (Å²) in [6.07, 6.45) is 2.66. The van der Waals surface area contributed by atoms with Gasteiger partial charge in [-0.2, -0.15) is 4.31 Å². The molecular weight excluding hydrogens is 279 g/mol. The molecule has 0 atom stereocenters. The molecule has 0 aromatic carbocycles. The van der Waals surface area contributed by atoms with Gasteiger partial charge in [-0.15, -0.1) is 11.6 Å². The monoisotopic (exact) mass is 294 g/mol. The van der Waals surface area contributed by atoms with Gasteiger partial charge in [-0.3, -0.25) is 4.98 Å². The standard InChI is InChI=1S/C11H16ClFN2O2S/c1-9(2)15(5-3-4-12)18(16,17)11-6-10(13)7-14-8-11/h6-9H,3-5H2,1-2H3. The highest BCUT2D eigenvalue weighted by Gasteiger charge is 2.27. The summed E-state index contributed by atoms with van der Waals surface area (Å²) < 4.78 is 39.0. The van der Waals surface area contributed by atoms with Crippen LogP contribution in [0, 0.1) is 5.82 Å². The second-order valence-corrected chi connectivity index (χ2v) is 6.36. The Morgan fingerprint density at radius 3 is 2.61 bits per heavy atom. The van der Waals surface area contributed by atoms with E-state index in [0.717, 1.165) is 18.5 Å². The Morgan fingerprint density at radius 1 is 1.44 bits per heavy atom. The van der Waals surface area contributed by atoms with E-state index in [9.17, 15) is 12.8 Å². The fourth-order valence-electron chi connectivity index (χ4n) is 1.54. The highest BCUT2D eigenvalue weighted by atomic mass is 35.5.